The molecule has 0 aliphatic heterocycles. The second kappa shape index (κ2) is 5.05. The lowest BCUT2D eigenvalue weighted by Gasteiger charge is -2.03. The standard InChI is InChI=1S/C10H12N6OS/c1-6-3-8(9(11)15-17)14-10(13-6)18-7-4-12-16(2)5-7/h3-5,17H,1-2H3,(H2,11,15). The molecule has 0 saturated carbocycles. The summed E-state index contributed by atoms with van der Waals surface area (Å²) in [5.41, 5.74) is 6.66. The van der Waals surface area contributed by atoms with E-state index in [4.69, 9.17) is 10.9 Å². The van der Waals surface area contributed by atoms with E-state index in [0.717, 1.165) is 10.6 Å². The molecule has 0 aliphatic rings. The molecule has 0 aromatic carbocycles. The van der Waals surface area contributed by atoms with E-state index in [1.807, 2.05) is 20.2 Å². The SMILES string of the molecule is Cc1cc(/C(N)=N/O)nc(Sc2cnn(C)c2)n1. The highest BCUT2D eigenvalue weighted by Crippen LogP contribution is 2.24. The third-order valence-corrected chi connectivity index (χ3v) is 2.91. The third-order valence-electron chi connectivity index (χ3n) is 2.09. The summed E-state index contributed by atoms with van der Waals surface area (Å²) in [5, 5.41) is 16.2. The Bertz CT molecular complexity index is 594. The molecule has 0 fully saturated rings. The van der Waals surface area contributed by atoms with Gasteiger partial charge in [0.15, 0.2) is 11.0 Å². The summed E-state index contributed by atoms with van der Waals surface area (Å²) in [6.45, 7) is 1.82. The van der Waals surface area contributed by atoms with Crippen LogP contribution in [0.1, 0.15) is 11.4 Å². The summed E-state index contributed by atoms with van der Waals surface area (Å²) in [7, 11) is 1.84. The normalized spacial score (nSPS) is 11.8. The van der Waals surface area contributed by atoms with Crippen molar-refractivity contribution in [3.8, 4) is 0 Å². The van der Waals surface area contributed by atoms with Crippen LogP contribution >= 0.6 is 11.8 Å². The van der Waals surface area contributed by atoms with Crippen LogP contribution in [-0.2, 0) is 7.05 Å². The van der Waals surface area contributed by atoms with Crippen molar-refractivity contribution in [1.82, 2.24) is 19.7 Å². The Morgan fingerprint density at radius 3 is 2.89 bits per heavy atom. The van der Waals surface area contributed by atoms with Gasteiger partial charge in [-0.25, -0.2) is 9.97 Å². The molecule has 3 N–H and O–H groups in total. The van der Waals surface area contributed by atoms with Gasteiger partial charge in [-0.3, -0.25) is 4.68 Å². The summed E-state index contributed by atoms with van der Waals surface area (Å²) >= 11 is 1.37. The molecule has 7 nitrogen and oxygen atoms in total. The zero-order valence-corrected chi connectivity index (χ0v) is 10.7. The first-order chi connectivity index (χ1) is 8.58. The maximum atomic E-state index is 8.65. The van der Waals surface area contributed by atoms with Crippen LogP contribution in [0.2, 0.25) is 0 Å². The molecular formula is C10H12N6OS. The lowest BCUT2D eigenvalue weighted by molar-refractivity contribution is 0.318. The van der Waals surface area contributed by atoms with E-state index in [-0.39, 0.29) is 5.84 Å². The van der Waals surface area contributed by atoms with Crippen molar-refractivity contribution < 1.29 is 5.21 Å². The topological polar surface area (TPSA) is 102 Å². The highest BCUT2D eigenvalue weighted by atomic mass is 32.2. The first-order valence-electron chi connectivity index (χ1n) is 5.08. The molecule has 2 rings (SSSR count). The number of amidine groups is 1. The summed E-state index contributed by atoms with van der Waals surface area (Å²) in [6, 6.07) is 1.66. The fourth-order valence-corrected chi connectivity index (χ4v) is 2.18. The van der Waals surface area contributed by atoms with Gasteiger partial charge in [0, 0.05) is 18.9 Å². The quantitative estimate of drug-likeness (QED) is 0.279. The molecule has 0 saturated heterocycles. The average Bonchev–Trinajstić information content (AvgIpc) is 2.73. The van der Waals surface area contributed by atoms with Crippen molar-refractivity contribution >= 4 is 17.6 Å². The maximum Gasteiger partial charge on any atom is 0.193 e. The minimum Gasteiger partial charge on any atom is -0.409 e. The van der Waals surface area contributed by atoms with E-state index in [1.165, 1.54) is 11.8 Å². The Balaban J connectivity index is 2.31. The lowest BCUT2D eigenvalue weighted by atomic mass is 10.3. The van der Waals surface area contributed by atoms with Crippen LogP contribution in [0.15, 0.2) is 33.7 Å². The minimum atomic E-state index is -0.0338. The van der Waals surface area contributed by atoms with Crippen LogP contribution in [0.3, 0.4) is 0 Å². The first-order valence-corrected chi connectivity index (χ1v) is 5.90. The van der Waals surface area contributed by atoms with Gasteiger partial charge in [0.25, 0.3) is 0 Å². The summed E-state index contributed by atoms with van der Waals surface area (Å²) < 4.78 is 1.70. The van der Waals surface area contributed by atoms with Gasteiger partial charge in [0.2, 0.25) is 0 Å². The Morgan fingerprint density at radius 2 is 2.28 bits per heavy atom. The Morgan fingerprint density at radius 1 is 1.50 bits per heavy atom. The molecule has 8 heteroatoms. The average molecular weight is 264 g/mol. The zero-order valence-electron chi connectivity index (χ0n) is 9.90. The van der Waals surface area contributed by atoms with Gasteiger partial charge in [-0.05, 0) is 24.8 Å². The molecule has 0 aliphatic carbocycles. The van der Waals surface area contributed by atoms with Gasteiger partial charge in [0.1, 0.15) is 5.69 Å². The van der Waals surface area contributed by atoms with Gasteiger partial charge in [-0.1, -0.05) is 5.16 Å². The number of aromatic nitrogens is 4. The van der Waals surface area contributed by atoms with Crippen LogP contribution < -0.4 is 5.73 Å². The smallest absolute Gasteiger partial charge is 0.193 e. The van der Waals surface area contributed by atoms with Crippen LogP contribution in [0.5, 0.6) is 0 Å². The van der Waals surface area contributed by atoms with Gasteiger partial charge >= 0.3 is 0 Å². The summed E-state index contributed by atoms with van der Waals surface area (Å²) in [5.74, 6) is -0.0338. The number of hydrogen-bond acceptors (Lipinski definition) is 6. The molecule has 0 spiro atoms. The van der Waals surface area contributed by atoms with E-state index >= 15 is 0 Å². The van der Waals surface area contributed by atoms with E-state index in [2.05, 4.69) is 20.2 Å². The molecule has 2 aromatic rings. The second-order valence-corrected chi connectivity index (χ2v) is 4.65. The van der Waals surface area contributed by atoms with Crippen LogP contribution in [0.25, 0.3) is 0 Å². The Kier molecular flexibility index (Phi) is 3.47. The molecule has 0 amide bonds. The van der Waals surface area contributed by atoms with E-state index in [9.17, 15) is 0 Å². The number of aryl methyl sites for hydroxylation is 2. The molecule has 2 aromatic heterocycles. The van der Waals surface area contributed by atoms with Gasteiger partial charge in [0.05, 0.1) is 11.1 Å². The molecular weight excluding hydrogens is 252 g/mol. The van der Waals surface area contributed by atoms with Crippen molar-refractivity contribution in [2.45, 2.75) is 17.0 Å². The highest BCUT2D eigenvalue weighted by molar-refractivity contribution is 7.99. The van der Waals surface area contributed by atoms with E-state index in [1.54, 1.807) is 16.9 Å². The van der Waals surface area contributed by atoms with Crippen molar-refractivity contribution in [3.63, 3.8) is 0 Å². The number of rotatable bonds is 3. The predicted molar refractivity (Wildman–Crippen MR) is 66.6 cm³/mol. The van der Waals surface area contributed by atoms with E-state index in [0.29, 0.717) is 10.9 Å². The Hall–Kier alpha value is -2.09. The van der Waals surface area contributed by atoms with E-state index < -0.39 is 0 Å². The fourth-order valence-electron chi connectivity index (χ4n) is 1.33. The molecule has 0 radical (unpaired) electrons. The van der Waals surface area contributed by atoms with Gasteiger partial charge < -0.3 is 10.9 Å². The molecule has 0 atom stereocenters. The number of nitrogens with zero attached hydrogens (tertiary/aromatic N) is 5. The van der Waals surface area contributed by atoms with Crippen molar-refractivity contribution in [2.24, 2.45) is 17.9 Å². The fraction of sp³-hybridized carbons (Fsp3) is 0.200. The zero-order chi connectivity index (χ0) is 13.1. The van der Waals surface area contributed by atoms with Crippen molar-refractivity contribution in [1.29, 1.82) is 0 Å². The van der Waals surface area contributed by atoms with Crippen molar-refractivity contribution in [2.75, 3.05) is 0 Å². The molecule has 94 valence electrons. The lowest BCUT2D eigenvalue weighted by Crippen LogP contribution is -2.16. The number of nitrogens with two attached hydrogens (primary N) is 1. The largest absolute Gasteiger partial charge is 0.409 e. The second-order valence-electron chi connectivity index (χ2n) is 3.61. The third kappa shape index (κ3) is 2.77. The maximum absolute atomic E-state index is 8.65. The summed E-state index contributed by atoms with van der Waals surface area (Å²) in [4.78, 5) is 9.41. The molecule has 0 bridgehead atoms. The van der Waals surface area contributed by atoms with Crippen LogP contribution in [0, 0.1) is 6.92 Å². The molecule has 0 unspecified atom stereocenters. The van der Waals surface area contributed by atoms with Gasteiger partial charge in [-0.15, -0.1) is 0 Å². The van der Waals surface area contributed by atoms with Crippen LogP contribution in [0.4, 0.5) is 0 Å². The first kappa shape index (κ1) is 12.4. The van der Waals surface area contributed by atoms with Crippen molar-refractivity contribution in [3.05, 3.63) is 29.8 Å². The van der Waals surface area contributed by atoms with Gasteiger partial charge in [-0.2, -0.15) is 5.10 Å². The number of hydrogen-bond donors (Lipinski definition) is 2. The highest BCUT2D eigenvalue weighted by Gasteiger charge is 2.08. The number of oxime groups is 1. The minimum absolute atomic E-state index is 0.0338. The predicted octanol–water partition coefficient (Wildman–Crippen LogP) is 0.764. The van der Waals surface area contributed by atoms with Crippen LogP contribution in [-0.4, -0.2) is 30.8 Å². The summed E-state index contributed by atoms with van der Waals surface area (Å²) in [6.07, 6.45) is 3.58. The Labute approximate surface area is 108 Å². The molecule has 2 heterocycles. The monoisotopic (exact) mass is 264 g/mol. The molecule has 18 heavy (non-hydrogen) atoms.